The number of carbonyl (C=O) groups excluding carboxylic acids is 1. The first kappa shape index (κ1) is 17.2. The lowest BCUT2D eigenvalue weighted by molar-refractivity contribution is -0.137. The van der Waals surface area contributed by atoms with E-state index in [9.17, 15) is 18.0 Å². The topological polar surface area (TPSA) is 40.9 Å². The van der Waals surface area contributed by atoms with E-state index in [-0.39, 0.29) is 29.1 Å². The summed E-state index contributed by atoms with van der Waals surface area (Å²) in [6.07, 6.45) is -1.45. The number of nitrogens with zero attached hydrogens (tertiary/aromatic N) is 4. The van der Waals surface area contributed by atoms with Gasteiger partial charge in [0.05, 0.1) is 17.3 Å². The zero-order chi connectivity index (χ0) is 18.9. The minimum Gasteiger partial charge on any atom is -0.356 e. The lowest BCUT2D eigenvalue weighted by Crippen LogP contribution is -2.47. The quantitative estimate of drug-likeness (QED) is 0.779. The van der Waals surface area contributed by atoms with Crippen molar-refractivity contribution in [3.05, 3.63) is 30.2 Å². The van der Waals surface area contributed by atoms with Crippen LogP contribution in [0.5, 0.6) is 0 Å². The van der Waals surface area contributed by atoms with Gasteiger partial charge in [-0.1, -0.05) is 0 Å². The Labute approximate surface area is 149 Å². The van der Waals surface area contributed by atoms with E-state index in [2.05, 4.69) is 4.98 Å². The lowest BCUT2D eigenvalue weighted by atomic mass is 9.85. The van der Waals surface area contributed by atoms with Crippen molar-refractivity contribution in [1.82, 2.24) is 14.3 Å². The molecule has 0 unspecified atom stereocenters. The fourth-order valence-corrected chi connectivity index (χ4v) is 4.76. The summed E-state index contributed by atoms with van der Waals surface area (Å²) in [5.41, 5.74) is -0.383. The highest BCUT2D eigenvalue weighted by Crippen LogP contribution is 2.46. The van der Waals surface area contributed by atoms with Crippen molar-refractivity contribution in [2.45, 2.75) is 32.5 Å². The molecule has 0 aromatic carbocycles. The van der Waals surface area contributed by atoms with Crippen molar-refractivity contribution in [2.24, 2.45) is 11.8 Å². The standard InChI is InChI=1S/C18H21F3N4O/c1-11(26)25-8-12-7-23(9-15(12)17(25,2)3)16-14(18(19,20)21)5-4-13-6-22-10-24(13)16/h4-6,10,12,15H,7-9H2,1-3H3/t12-,15-/m0/s1. The summed E-state index contributed by atoms with van der Waals surface area (Å²) in [6, 6.07) is 2.57. The van der Waals surface area contributed by atoms with Crippen molar-refractivity contribution in [3.8, 4) is 0 Å². The van der Waals surface area contributed by atoms with Crippen LogP contribution in [0.2, 0.25) is 0 Å². The molecule has 4 heterocycles. The maximum atomic E-state index is 13.6. The molecule has 0 aliphatic carbocycles. The van der Waals surface area contributed by atoms with Crippen molar-refractivity contribution in [1.29, 1.82) is 0 Å². The van der Waals surface area contributed by atoms with Crippen molar-refractivity contribution in [2.75, 3.05) is 24.5 Å². The molecular weight excluding hydrogens is 345 g/mol. The van der Waals surface area contributed by atoms with Gasteiger partial charge in [0.1, 0.15) is 12.1 Å². The Morgan fingerprint density at radius 1 is 1.23 bits per heavy atom. The molecule has 0 N–H and O–H groups in total. The largest absolute Gasteiger partial charge is 0.419 e. The normalized spacial score (nSPS) is 25.2. The van der Waals surface area contributed by atoms with Gasteiger partial charge in [0.2, 0.25) is 5.91 Å². The first-order valence-corrected chi connectivity index (χ1v) is 8.66. The summed E-state index contributed by atoms with van der Waals surface area (Å²) in [4.78, 5) is 19.6. The zero-order valence-corrected chi connectivity index (χ0v) is 14.9. The van der Waals surface area contributed by atoms with E-state index in [1.807, 2.05) is 23.6 Å². The molecular formula is C18H21F3N4O. The molecule has 2 aromatic rings. The number of hydrogen-bond donors (Lipinski definition) is 0. The average Bonchev–Trinajstić information content (AvgIpc) is 3.20. The number of fused-ring (bicyclic) bond motifs is 2. The van der Waals surface area contributed by atoms with Crippen LogP contribution in [0, 0.1) is 11.8 Å². The number of amides is 1. The highest BCUT2D eigenvalue weighted by molar-refractivity contribution is 5.75. The maximum absolute atomic E-state index is 13.6. The summed E-state index contributed by atoms with van der Waals surface area (Å²) >= 11 is 0. The van der Waals surface area contributed by atoms with Crippen LogP contribution in [0.4, 0.5) is 19.0 Å². The third kappa shape index (κ3) is 2.38. The summed E-state index contributed by atoms with van der Waals surface area (Å²) in [5.74, 6) is 0.454. The molecule has 2 saturated heterocycles. The van der Waals surface area contributed by atoms with E-state index in [0.717, 1.165) is 6.07 Å². The van der Waals surface area contributed by atoms with Gasteiger partial charge in [-0.3, -0.25) is 9.20 Å². The van der Waals surface area contributed by atoms with Crippen LogP contribution in [0.1, 0.15) is 26.3 Å². The Hall–Kier alpha value is -2.25. The number of alkyl halides is 3. The van der Waals surface area contributed by atoms with Gasteiger partial charge in [0.15, 0.2) is 0 Å². The van der Waals surface area contributed by atoms with Gasteiger partial charge in [0, 0.05) is 43.9 Å². The molecule has 2 fully saturated rings. The number of hydrogen-bond acceptors (Lipinski definition) is 3. The minimum atomic E-state index is -4.44. The fraction of sp³-hybridized carbons (Fsp3) is 0.556. The minimum absolute atomic E-state index is 0.0173. The molecule has 140 valence electrons. The number of pyridine rings is 1. The van der Waals surface area contributed by atoms with Gasteiger partial charge in [-0.25, -0.2) is 4.98 Å². The predicted octanol–water partition coefficient (Wildman–Crippen LogP) is 3.05. The van der Waals surface area contributed by atoms with Crippen molar-refractivity contribution < 1.29 is 18.0 Å². The molecule has 0 saturated carbocycles. The molecule has 2 aliphatic heterocycles. The second kappa shape index (κ2) is 5.37. The van der Waals surface area contributed by atoms with Crippen LogP contribution in [0.25, 0.3) is 5.52 Å². The average molecular weight is 366 g/mol. The van der Waals surface area contributed by atoms with E-state index < -0.39 is 11.7 Å². The second-order valence-corrected chi connectivity index (χ2v) is 7.81. The zero-order valence-electron chi connectivity index (χ0n) is 14.9. The van der Waals surface area contributed by atoms with E-state index in [4.69, 9.17) is 0 Å². The lowest BCUT2D eigenvalue weighted by Gasteiger charge is -2.36. The molecule has 5 nitrogen and oxygen atoms in total. The summed E-state index contributed by atoms with van der Waals surface area (Å²) in [5, 5.41) is 0. The Balaban J connectivity index is 1.75. The molecule has 0 spiro atoms. The monoisotopic (exact) mass is 366 g/mol. The molecule has 0 radical (unpaired) electrons. The van der Waals surface area contributed by atoms with Crippen LogP contribution in [-0.2, 0) is 11.0 Å². The summed E-state index contributed by atoms with van der Waals surface area (Å²) in [7, 11) is 0. The van der Waals surface area contributed by atoms with Crippen LogP contribution in [-0.4, -0.2) is 45.4 Å². The van der Waals surface area contributed by atoms with Crippen LogP contribution in [0.3, 0.4) is 0 Å². The Morgan fingerprint density at radius 3 is 2.58 bits per heavy atom. The van der Waals surface area contributed by atoms with Crippen molar-refractivity contribution >= 4 is 17.2 Å². The number of rotatable bonds is 1. The van der Waals surface area contributed by atoms with Gasteiger partial charge in [0.25, 0.3) is 0 Å². The third-order valence-corrected chi connectivity index (χ3v) is 6.00. The number of carbonyl (C=O) groups is 1. The Bertz CT molecular complexity index is 873. The number of anilines is 1. The highest BCUT2D eigenvalue weighted by Gasteiger charge is 2.53. The molecule has 0 bridgehead atoms. The molecule has 1 amide bonds. The predicted molar refractivity (Wildman–Crippen MR) is 90.9 cm³/mol. The Morgan fingerprint density at radius 2 is 1.96 bits per heavy atom. The molecule has 2 aliphatic rings. The van der Waals surface area contributed by atoms with Gasteiger partial charge < -0.3 is 9.80 Å². The summed E-state index contributed by atoms with van der Waals surface area (Å²) in [6.45, 7) is 7.13. The SMILES string of the molecule is CC(=O)N1C[C@@H]2CN(c3c(C(F)(F)F)ccc4cncn34)C[C@@H]2C1(C)C. The van der Waals surface area contributed by atoms with E-state index in [0.29, 0.717) is 25.2 Å². The smallest absolute Gasteiger partial charge is 0.356 e. The molecule has 8 heteroatoms. The van der Waals surface area contributed by atoms with Gasteiger partial charge in [-0.05, 0) is 26.0 Å². The second-order valence-electron chi connectivity index (χ2n) is 7.81. The first-order valence-electron chi connectivity index (χ1n) is 8.66. The van der Waals surface area contributed by atoms with Crippen LogP contribution in [0.15, 0.2) is 24.7 Å². The van der Waals surface area contributed by atoms with Crippen LogP contribution >= 0.6 is 0 Å². The Kier molecular flexibility index (Phi) is 3.55. The van der Waals surface area contributed by atoms with E-state index in [1.54, 1.807) is 13.1 Å². The van der Waals surface area contributed by atoms with E-state index in [1.165, 1.54) is 16.8 Å². The van der Waals surface area contributed by atoms with Gasteiger partial charge in [-0.2, -0.15) is 13.2 Å². The number of halogens is 3. The van der Waals surface area contributed by atoms with Gasteiger partial charge in [-0.15, -0.1) is 0 Å². The van der Waals surface area contributed by atoms with E-state index >= 15 is 0 Å². The fourth-order valence-electron chi connectivity index (χ4n) is 4.76. The maximum Gasteiger partial charge on any atom is 0.419 e. The summed E-state index contributed by atoms with van der Waals surface area (Å²) < 4.78 is 42.4. The van der Waals surface area contributed by atoms with Crippen LogP contribution < -0.4 is 4.90 Å². The van der Waals surface area contributed by atoms with Gasteiger partial charge >= 0.3 is 6.18 Å². The molecule has 4 rings (SSSR count). The first-order chi connectivity index (χ1) is 12.1. The third-order valence-electron chi connectivity index (χ3n) is 6.00. The molecule has 26 heavy (non-hydrogen) atoms. The number of likely N-dealkylation sites (tertiary alicyclic amines) is 1. The molecule has 2 aromatic heterocycles. The van der Waals surface area contributed by atoms with Crippen molar-refractivity contribution in [3.63, 3.8) is 0 Å². The number of imidazole rings is 1. The highest BCUT2D eigenvalue weighted by atomic mass is 19.4. The number of aromatic nitrogens is 2. The molecule has 2 atom stereocenters.